The molecule has 1 atom stereocenters. The van der Waals surface area contributed by atoms with Crippen LogP contribution in [0.1, 0.15) is 25.0 Å². The van der Waals surface area contributed by atoms with E-state index >= 15 is 0 Å². The number of nitrogens with one attached hydrogen (secondary N) is 1. The van der Waals surface area contributed by atoms with Crippen LogP contribution in [-0.4, -0.2) is 29.5 Å². The van der Waals surface area contributed by atoms with Crippen LogP contribution in [0.25, 0.3) is 0 Å². The van der Waals surface area contributed by atoms with Gasteiger partial charge in [0.15, 0.2) is 0 Å². The van der Waals surface area contributed by atoms with Gasteiger partial charge in [-0.1, -0.05) is 31.5 Å². The van der Waals surface area contributed by atoms with E-state index < -0.39 is 6.10 Å². The molecule has 0 bridgehead atoms. The number of hydrogen-bond donors (Lipinski definition) is 3. The van der Waals surface area contributed by atoms with Crippen molar-refractivity contribution in [3.8, 4) is 0 Å². The molecule has 0 saturated heterocycles. The Morgan fingerprint density at radius 3 is 2.53 bits per heavy atom. The summed E-state index contributed by atoms with van der Waals surface area (Å²) in [5, 5.41) is 22.1. The molecule has 0 fully saturated rings. The van der Waals surface area contributed by atoms with E-state index in [9.17, 15) is 5.11 Å². The Balaban J connectivity index is 2.97. The lowest BCUT2D eigenvalue weighted by molar-refractivity contribution is 0.105. The summed E-state index contributed by atoms with van der Waals surface area (Å²) < 4.78 is 0. The molecule has 96 valence electrons. The molecule has 0 aliphatic heterocycles. The zero-order chi connectivity index (χ0) is 12.8. The Morgan fingerprint density at radius 2 is 2.00 bits per heavy atom. The Labute approximate surface area is 107 Å². The molecule has 0 saturated carbocycles. The van der Waals surface area contributed by atoms with Crippen molar-refractivity contribution in [1.29, 1.82) is 0 Å². The van der Waals surface area contributed by atoms with E-state index in [1.807, 2.05) is 19.1 Å². The molecule has 1 rings (SSSR count). The summed E-state index contributed by atoms with van der Waals surface area (Å²) in [6, 6.07) is 3.90. The number of halogens is 1. The number of rotatable bonds is 6. The maximum Gasteiger partial charge on any atom is 0.0942 e. The third-order valence-electron chi connectivity index (χ3n) is 2.80. The third-order valence-corrected chi connectivity index (χ3v) is 3.16. The fourth-order valence-electron chi connectivity index (χ4n) is 1.82. The van der Waals surface area contributed by atoms with E-state index in [0.717, 1.165) is 29.1 Å². The van der Waals surface area contributed by atoms with Gasteiger partial charge in [-0.05, 0) is 30.0 Å². The summed E-state index contributed by atoms with van der Waals surface area (Å²) in [5.74, 6) is 0. The lowest BCUT2D eigenvalue weighted by Gasteiger charge is -2.18. The zero-order valence-electron chi connectivity index (χ0n) is 10.3. The van der Waals surface area contributed by atoms with Crippen LogP contribution in [0.3, 0.4) is 0 Å². The monoisotopic (exact) mass is 257 g/mol. The first-order valence-corrected chi connectivity index (χ1v) is 6.34. The van der Waals surface area contributed by atoms with Gasteiger partial charge >= 0.3 is 0 Å². The van der Waals surface area contributed by atoms with Gasteiger partial charge in [-0.2, -0.15) is 0 Å². The van der Waals surface area contributed by atoms with Gasteiger partial charge in [-0.25, -0.2) is 0 Å². The normalized spacial score (nSPS) is 12.5. The lowest BCUT2D eigenvalue weighted by Crippen LogP contribution is -2.24. The van der Waals surface area contributed by atoms with Gasteiger partial charge in [0.05, 0.1) is 12.7 Å². The topological polar surface area (TPSA) is 52.5 Å². The molecular formula is C13H20ClNO2. The average Bonchev–Trinajstić information content (AvgIpc) is 2.35. The van der Waals surface area contributed by atoms with Crippen LogP contribution in [0, 0.1) is 0 Å². The number of hydrogen-bond acceptors (Lipinski definition) is 3. The second-order valence-electron chi connectivity index (χ2n) is 3.98. The Morgan fingerprint density at radius 1 is 1.29 bits per heavy atom. The molecule has 17 heavy (non-hydrogen) atoms. The highest BCUT2D eigenvalue weighted by molar-refractivity contribution is 6.31. The van der Waals surface area contributed by atoms with Crippen LogP contribution in [0.15, 0.2) is 12.1 Å². The van der Waals surface area contributed by atoms with E-state index in [-0.39, 0.29) is 6.61 Å². The standard InChI is InChI=1S/C13H20ClNO2/c1-3-9-5-6-12(14)11(4-2)13(9)15-7-10(17)8-16/h5-6,10,15-17H,3-4,7-8H2,1-2H3. The highest BCUT2D eigenvalue weighted by Crippen LogP contribution is 2.29. The van der Waals surface area contributed by atoms with Gasteiger partial charge in [-0.15, -0.1) is 0 Å². The van der Waals surface area contributed by atoms with Crippen LogP contribution < -0.4 is 5.32 Å². The number of aryl methyl sites for hydroxylation is 1. The largest absolute Gasteiger partial charge is 0.394 e. The lowest BCUT2D eigenvalue weighted by atomic mass is 10.0. The van der Waals surface area contributed by atoms with Gasteiger partial charge in [-0.3, -0.25) is 0 Å². The van der Waals surface area contributed by atoms with E-state index in [1.54, 1.807) is 0 Å². The van der Waals surface area contributed by atoms with Crippen molar-refractivity contribution in [2.45, 2.75) is 32.8 Å². The molecule has 0 aliphatic rings. The first-order chi connectivity index (χ1) is 8.13. The van der Waals surface area contributed by atoms with Gasteiger partial charge < -0.3 is 15.5 Å². The first-order valence-electron chi connectivity index (χ1n) is 5.97. The van der Waals surface area contributed by atoms with Crippen LogP contribution in [0.5, 0.6) is 0 Å². The molecule has 4 heteroatoms. The Hall–Kier alpha value is -0.770. The number of anilines is 1. The highest BCUT2D eigenvalue weighted by atomic mass is 35.5. The Bertz CT molecular complexity index is 369. The second-order valence-corrected chi connectivity index (χ2v) is 4.39. The third kappa shape index (κ3) is 3.60. The zero-order valence-corrected chi connectivity index (χ0v) is 11.1. The molecule has 1 aromatic rings. The second kappa shape index (κ2) is 6.84. The number of benzene rings is 1. The molecule has 0 spiro atoms. The smallest absolute Gasteiger partial charge is 0.0942 e. The van der Waals surface area contributed by atoms with Crippen molar-refractivity contribution < 1.29 is 10.2 Å². The summed E-state index contributed by atoms with van der Waals surface area (Å²) in [6.45, 7) is 4.22. The predicted molar refractivity (Wildman–Crippen MR) is 71.8 cm³/mol. The highest BCUT2D eigenvalue weighted by Gasteiger charge is 2.11. The van der Waals surface area contributed by atoms with Crippen molar-refractivity contribution in [3.63, 3.8) is 0 Å². The molecule has 0 heterocycles. The molecule has 0 amide bonds. The van der Waals surface area contributed by atoms with Crippen LogP contribution in [-0.2, 0) is 12.8 Å². The summed E-state index contributed by atoms with van der Waals surface area (Å²) in [7, 11) is 0. The summed E-state index contributed by atoms with van der Waals surface area (Å²) >= 11 is 6.16. The molecule has 0 aromatic heterocycles. The summed E-state index contributed by atoms with van der Waals surface area (Å²) in [4.78, 5) is 0. The number of aliphatic hydroxyl groups is 2. The Kier molecular flexibility index (Phi) is 5.75. The van der Waals surface area contributed by atoms with Crippen LogP contribution in [0.4, 0.5) is 5.69 Å². The summed E-state index contributed by atoms with van der Waals surface area (Å²) in [6.07, 6.45) is 0.995. The minimum Gasteiger partial charge on any atom is -0.394 e. The maximum absolute atomic E-state index is 9.37. The molecule has 1 unspecified atom stereocenters. The van der Waals surface area contributed by atoms with Crippen molar-refractivity contribution in [2.24, 2.45) is 0 Å². The van der Waals surface area contributed by atoms with Gasteiger partial charge in [0.25, 0.3) is 0 Å². The van der Waals surface area contributed by atoms with Gasteiger partial charge in [0.2, 0.25) is 0 Å². The molecule has 1 aromatic carbocycles. The number of aliphatic hydroxyl groups excluding tert-OH is 2. The molecule has 0 radical (unpaired) electrons. The van der Waals surface area contributed by atoms with E-state index in [2.05, 4.69) is 12.2 Å². The minimum absolute atomic E-state index is 0.240. The van der Waals surface area contributed by atoms with Crippen LogP contribution >= 0.6 is 11.6 Å². The fourth-order valence-corrected chi connectivity index (χ4v) is 2.11. The van der Waals surface area contributed by atoms with Crippen molar-refractivity contribution in [1.82, 2.24) is 0 Å². The maximum atomic E-state index is 9.37. The first kappa shape index (κ1) is 14.3. The van der Waals surface area contributed by atoms with Gasteiger partial charge in [0, 0.05) is 17.3 Å². The average molecular weight is 258 g/mol. The van der Waals surface area contributed by atoms with E-state index in [1.165, 1.54) is 5.56 Å². The predicted octanol–water partition coefficient (Wildman–Crippen LogP) is 2.23. The molecule has 3 nitrogen and oxygen atoms in total. The quantitative estimate of drug-likeness (QED) is 0.733. The minimum atomic E-state index is -0.747. The molecular weight excluding hydrogens is 238 g/mol. The van der Waals surface area contributed by atoms with E-state index in [4.69, 9.17) is 16.7 Å². The van der Waals surface area contributed by atoms with E-state index in [0.29, 0.717) is 6.54 Å². The van der Waals surface area contributed by atoms with Crippen molar-refractivity contribution in [2.75, 3.05) is 18.5 Å². The van der Waals surface area contributed by atoms with Crippen LogP contribution in [0.2, 0.25) is 5.02 Å². The van der Waals surface area contributed by atoms with Crippen molar-refractivity contribution >= 4 is 17.3 Å². The SMILES string of the molecule is CCc1ccc(Cl)c(CC)c1NCC(O)CO. The van der Waals surface area contributed by atoms with Gasteiger partial charge in [0.1, 0.15) is 0 Å². The fraction of sp³-hybridized carbons (Fsp3) is 0.538. The molecule has 3 N–H and O–H groups in total. The van der Waals surface area contributed by atoms with Crippen molar-refractivity contribution in [3.05, 3.63) is 28.3 Å². The summed E-state index contributed by atoms with van der Waals surface area (Å²) in [5.41, 5.74) is 3.24. The molecule has 0 aliphatic carbocycles.